The Bertz CT molecular complexity index is 1510. The number of aromatic nitrogens is 2. The van der Waals surface area contributed by atoms with Gasteiger partial charge in [-0.3, -0.25) is 9.78 Å². The maximum atomic E-state index is 12.2. The zero-order chi connectivity index (χ0) is 24.7. The number of ether oxygens (including phenoxy) is 1. The highest BCUT2D eigenvalue weighted by Crippen LogP contribution is 2.49. The first-order valence-electron chi connectivity index (χ1n) is 12.1. The largest absolute Gasteiger partial charge is 0.381 e. The van der Waals surface area contributed by atoms with Crippen LogP contribution in [-0.4, -0.2) is 35.1 Å². The molecule has 2 aromatic heterocycles. The van der Waals surface area contributed by atoms with E-state index in [4.69, 9.17) is 15.6 Å². The molecular formula is C28H26N6O2. The van der Waals surface area contributed by atoms with Gasteiger partial charge >= 0.3 is 0 Å². The van der Waals surface area contributed by atoms with Crippen molar-refractivity contribution in [2.45, 2.75) is 31.3 Å². The summed E-state index contributed by atoms with van der Waals surface area (Å²) < 4.78 is 5.48. The first-order chi connectivity index (χ1) is 17.5. The second-order valence-electron chi connectivity index (χ2n) is 9.40. The Hall–Kier alpha value is -4.17. The Morgan fingerprint density at radius 1 is 1.06 bits per heavy atom. The lowest BCUT2D eigenvalue weighted by atomic mass is 9.81. The Morgan fingerprint density at radius 2 is 1.89 bits per heavy atom. The molecule has 36 heavy (non-hydrogen) atoms. The van der Waals surface area contributed by atoms with Gasteiger partial charge in [0.1, 0.15) is 5.54 Å². The molecule has 4 aromatic rings. The topological polar surface area (TPSA) is 115 Å². The van der Waals surface area contributed by atoms with Crippen molar-refractivity contribution in [3.63, 3.8) is 0 Å². The second kappa shape index (κ2) is 8.80. The molecule has 2 aromatic carbocycles. The predicted octanol–water partition coefficient (Wildman–Crippen LogP) is 5.35. The van der Waals surface area contributed by atoms with Gasteiger partial charge in [-0.05, 0) is 49.6 Å². The number of nitrogens with zero attached hydrogens (tertiary/aromatic N) is 4. The van der Waals surface area contributed by atoms with Crippen molar-refractivity contribution < 1.29 is 9.53 Å². The molecule has 1 unspecified atom stereocenters. The van der Waals surface area contributed by atoms with E-state index in [1.165, 1.54) is 0 Å². The molecule has 2 aliphatic heterocycles. The minimum Gasteiger partial charge on any atom is -0.381 e. The monoisotopic (exact) mass is 478 g/mol. The van der Waals surface area contributed by atoms with Gasteiger partial charge in [0, 0.05) is 53.7 Å². The highest BCUT2D eigenvalue weighted by Gasteiger charge is 2.39. The van der Waals surface area contributed by atoms with Crippen LogP contribution < -0.4 is 11.1 Å². The number of rotatable bonds is 5. The molecule has 1 atom stereocenters. The number of benzene rings is 2. The molecule has 0 bridgehead atoms. The lowest BCUT2D eigenvalue weighted by molar-refractivity contribution is 0.0904. The van der Waals surface area contributed by atoms with E-state index in [-0.39, 0.29) is 11.7 Å². The van der Waals surface area contributed by atoms with E-state index in [9.17, 15) is 4.79 Å². The van der Waals surface area contributed by atoms with E-state index in [0.29, 0.717) is 18.9 Å². The van der Waals surface area contributed by atoms with Crippen molar-refractivity contribution in [3.05, 3.63) is 83.8 Å². The van der Waals surface area contributed by atoms with Crippen LogP contribution in [0.25, 0.3) is 22.0 Å². The molecule has 6 rings (SSSR count). The molecule has 1 fully saturated rings. The van der Waals surface area contributed by atoms with Gasteiger partial charge in [0.2, 0.25) is 0 Å². The second-order valence-corrected chi connectivity index (χ2v) is 9.40. The predicted molar refractivity (Wildman–Crippen MR) is 138 cm³/mol. The first kappa shape index (κ1) is 22.3. The summed E-state index contributed by atoms with van der Waals surface area (Å²) in [4.78, 5) is 21.3. The van der Waals surface area contributed by atoms with E-state index in [0.717, 1.165) is 51.7 Å². The van der Waals surface area contributed by atoms with E-state index in [1.54, 1.807) is 6.20 Å². The third-order valence-electron chi connectivity index (χ3n) is 7.05. The third-order valence-corrected chi connectivity index (χ3v) is 7.05. The van der Waals surface area contributed by atoms with Crippen LogP contribution in [0.4, 0.5) is 11.4 Å². The zero-order valence-electron chi connectivity index (χ0n) is 19.9. The summed E-state index contributed by atoms with van der Waals surface area (Å²) >= 11 is 0. The third kappa shape index (κ3) is 3.79. The minimum atomic E-state index is -0.799. The molecule has 0 radical (unpaired) electrons. The molecule has 4 heterocycles. The fourth-order valence-corrected chi connectivity index (χ4v) is 5.10. The summed E-state index contributed by atoms with van der Waals surface area (Å²) in [5.41, 5.74) is 11.3. The average Bonchev–Trinajstić information content (AvgIpc) is 3.27. The summed E-state index contributed by atoms with van der Waals surface area (Å²) in [5, 5.41) is 13.8. The van der Waals surface area contributed by atoms with E-state index in [2.05, 4.69) is 38.6 Å². The summed E-state index contributed by atoms with van der Waals surface area (Å²) in [5.74, 6) is -0.572. The maximum Gasteiger partial charge on any atom is 0.269 e. The number of primary amides is 1. The normalized spacial score (nSPS) is 19.4. The number of nitrogens with one attached hydrogen (secondary N) is 1. The number of pyridine rings is 2. The smallest absolute Gasteiger partial charge is 0.269 e. The van der Waals surface area contributed by atoms with Gasteiger partial charge in [-0.2, -0.15) is 10.2 Å². The molecule has 180 valence electrons. The first-order valence-corrected chi connectivity index (χ1v) is 12.1. The van der Waals surface area contributed by atoms with Crippen LogP contribution in [0, 0.1) is 0 Å². The van der Waals surface area contributed by atoms with Crippen molar-refractivity contribution in [2.75, 3.05) is 18.5 Å². The molecule has 8 nitrogen and oxygen atoms in total. The van der Waals surface area contributed by atoms with Gasteiger partial charge in [0.25, 0.3) is 5.91 Å². The number of amides is 1. The molecule has 2 aliphatic rings. The van der Waals surface area contributed by atoms with Crippen LogP contribution in [0.2, 0.25) is 0 Å². The lowest BCUT2D eigenvalue weighted by Gasteiger charge is -2.27. The Labute approximate surface area is 208 Å². The Morgan fingerprint density at radius 3 is 2.72 bits per heavy atom. The van der Waals surface area contributed by atoms with Gasteiger partial charge < -0.3 is 15.8 Å². The number of hydrogen-bond acceptors (Lipinski definition) is 7. The average molecular weight is 479 g/mol. The maximum absolute atomic E-state index is 12.2. The summed E-state index contributed by atoms with van der Waals surface area (Å²) in [6.07, 6.45) is 5.27. The van der Waals surface area contributed by atoms with Crippen LogP contribution in [0.5, 0.6) is 0 Å². The number of anilines is 1. The van der Waals surface area contributed by atoms with Crippen molar-refractivity contribution in [3.8, 4) is 11.1 Å². The number of fused-ring (bicyclic) bond motifs is 2. The van der Waals surface area contributed by atoms with Crippen molar-refractivity contribution in [1.82, 2.24) is 9.97 Å². The Balaban J connectivity index is 1.45. The zero-order valence-corrected chi connectivity index (χ0v) is 19.9. The van der Waals surface area contributed by atoms with Crippen LogP contribution >= 0.6 is 0 Å². The van der Waals surface area contributed by atoms with E-state index >= 15 is 0 Å². The van der Waals surface area contributed by atoms with E-state index in [1.807, 2.05) is 49.5 Å². The summed E-state index contributed by atoms with van der Waals surface area (Å²) in [6.45, 7) is 3.39. The molecule has 0 saturated carbocycles. The highest BCUT2D eigenvalue weighted by molar-refractivity contribution is 5.96. The number of hydrogen-bond donors (Lipinski definition) is 2. The van der Waals surface area contributed by atoms with Gasteiger partial charge in [0.15, 0.2) is 5.69 Å². The molecule has 3 N–H and O–H groups in total. The van der Waals surface area contributed by atoms with Gasteiger partial charge in [-0.1, -0.05) is 30.3 Å². The van der Waals surface area contributed by atoms with Crippen LogP contribution in [-0.2, 0) is 10.3 Å². The fourth-order valence-electron chi connectivity index (χ4n) is 5.10. The van der Waals surface area contributed by atoms with E-state index < -0.39 is 11.4 Å². The van der Waals surface area contributed by atoms with Crippen molar-refractivity contribution >= 4 is 28.2 Å². The van der Waals surface area contributed by atoms with Gasteiger partial charge in [0.05, 0.1) is 16.9 Å². The molecular weight excluding hydrogens is 452 g/mol. The van der Waals surface area contributed by atoms with Crippen molar-refractivity contribution in [1.29, 1.82) is 0 Å². The number of carbonyl (C=O) groups is 1. The van der Waals surface area contributed by atoms with Crippen LogP contribution in [0.1, 0.15) is 41.4 Å². The molecule has 0 spiro atoms. The van der Waals surface area contributed by atoms with Gasteiger partial charge in [-0.25, -0.2) is 4.98 Å². The number of nitrogens with two attached hydrogens (primary N) is 1. The van der Waals surface area contributed by atoms with Crippen LogP contribution in [0.3, 0.4) is 0 Å². The highest BCUT2D eigenvalue weighted by atomic mass is 16.5. The minimum absolute atomic E-state index is 0.179. The number of azo groups is 1. The molecule has 1 saturated heterocycles. The summed E-state index contributed by atoms with van der Waals surface area (Å²) in [7, 11) is 0. The molecule has 8 heteroatoms. The summed E-state index contributed by atoms with van der Waals surface area (Å²) in [6, 6.07) is 18.3. The fraction of sp³-hybridized carbons (Fsp3) is 0.250. The standard InChI is InChI=1S/C28H26N6O2/c1-28(19-14-24(26(27(29)35)31-16-19)32-20-9-11-36-12-10-20)25-21(6-4-8-23(25)33-34-28)18-13-17-5-2-3-7-22(17)30-15-18/h2-8,13-16,20,32H,9-12H2,1H3,(H2,29,35). The number of carbonyl (C=O) groups excluding carboxylic acids is 1. The lowest BCUT2D eigenvalue weighted by Crippen LogP contribution is -2.30. The van der Waals surface area contributed by atoms with Gasteiger partial charge in [-0.15, -0.1) is 0 Å². The quantitative estimate of drug-likeness (QED) is 0.401. The Kier molecular flexibility index (Phi) is 5.45. The molecule has 0 aliphatic carbocycles. The van der Waals surface area contributed by atoms with Crippen LogP contribution in [0.15, 0.2) is 77.2 Å². The number of para-hydroxylation sites is 1. The molecule has 1 amide bonds. The van der Waals surface area contributed by atoms with Crippen molar-refractivity contribution in [2.24, 2.45) is 16.0 Å². The SMILES string of the molecule is CC1(c2cnc(C(N)=O)c(NC3CCOCC3)c2)N=Nc2cccc(-c3cnc4ccccc4c3)c21.